The summed E-state index contributed by atoms with van der Waals surface area (Å²) in [5.41, 5.74) is 0.533. The normalized spacial score (nSPS) is 17.1. The first-order chi connectivity index (χ1) is 12.7. The van der Waals surface area contributed by atoms with Crippen molar-refractivity contribution in [2.75, 3.05) is 16.8 Å². The predicted molar refractivity (Wildman–Crippen MR) is 96.4 cm³/mol. The van der Waals surface area contributed by atoms with Crippen molar-refractivity contribution in [2.45, 2.75) is 12.8 Å². The third-order valence-corrected chi connectivity index (χ3v) is 4.68. The summed E-state index contributed by atoms with van der Waals surface area (Å²) in [6.45, 7) is 0.134. The second-order valence-corrected chi connectivity index (χ2v) is 6.74. The monoisotopic (exact) mass is 442 g/mol. The summed E-state index contributed by atoms with van der Waals surface area (Å²) in [6.07, 6.45) is -4.91. The zero-order valence-electron chi connectivity index (χ0n) is 13.8. The lowest BCUT2D eigenvalue weighted by molar-refractivity contribution is -0.274. The average molecular weight is 443 g/mol. The minimum atomic E-state index is -4.87. The highest BCUT2D eigenvalue weighted by molar-refractivity contribution is 9.10. The number of anilines is 2. The molecule has 0 bridgehead atoms. The Kier molecular flexibility index (Phi) is 5.41. The molecular weight excluding hydrogens is 429 g/mol. The molecule has 1 saturated heterocycles. The number of amides is 2. The second kappa shape index (κ2) is 7.59. The highest BCUT2D eigenvalue weighted by Crippen LogP contribution is 2.33. The standard InChI is InChI=1S/C18H14BrF3N2O3/c19-12-5-1-3-7-14(12)24-10-11(9-16(24)25)17(26)23-13-6-2-4-8-15(13)27-18(20,21)22/h1-8,11H,9-10H2,(H,23,26). The van der Waals surface area contributed by atoms with Crippen LogP contribution in [0.4, 0.5) is 24.5 Å². The minimum Gasteiger partial charge on any atom is -0.404 e. The van der Waals surface area contributed by atoms with Crippen LogP contribution >= 0.6 is 15.9 Å². The van der Waals surface area contributed by atoms with Gasteiger partial charge in [0.15, 0.2) is 5.75 Å². The van der Waals surface area contributed by atoms with E-state index in [4.69, 9.17) is 0 Å². The molecule has 0 saturated carbocycles. The van der Waals surface area contributed by atoms with Gasteiger partial charge in [-0.25, -0.2) is 0 Å². The quantitative estimate of drug-likeness (QED) is 0.765. The number of hydrogen-bond acceptors (Lipinski definition) is 3. The van der Waals surface area contributed by atoms with Crippen LogP contribution in [0.3, 0.4) is 0 Å². The van der Waals surface area contributed by atoms with Crippen molar-refractivity contribution in [3.05, 3.63) is 53.0 Å². The molecule has 1 fully saturated rings. The number of nitrogens with one attached hydrogen (secondary N) is 1. The Morgan fingerprint density at radius 2 is 1.81 bits per heavy atom. The molecule has 0 spiro atoms. The highest BCUT2D eigenvalue weighted by Gasteiger charge is 2.37. The number of carbonyl (C=O) groups excluding carboxylic acids is 2. The van der Waals surface area contributed by atoms with Gasteiger partial charge in [0.1, 0.15) is 0 Å². The number of benzene rings is 2. The molecule has 27 heavy (non-hydrogen) atoms. The molecule has 2 amide bonds. The van der Waals surface area contributed by atoms with Crippen LogP contribution in [0.5, 0.6) is 5.75 Å². The largest absolute Gasteiger partial charge is 0.573 e. The van der Waals surface area contributed by atoms with E-state index in [9.17, 15) is 22.8 Å². The van der Waals surface area contributed by atoms with Crippen LogP contribution < -0.4 is 15.0 Å². The maximum absolute atomic E-state index is 12.5. The molecular formula is C18H14BrF3N2O3. The Labute approximate surface area is 161 Å². The van der Waals surface area contributed by atoms with E-state index in [1.54, 1.807) is 24.3 Å². The number of ether oxygens (including phenoxy) is 1. The predicted octanol–water partition coefficient (Wildman–Crippen LogP) is 4.34. The number of nitrogens with zero attached hydrogens (tertiary/aromatic N) is 1. The molecule has 2 aromatic carbocycles. The van der Waals surface area contributed by atoms with E-state index < -0.39 is 23.9 Å². The van der Waals surface area contributed by atoms with Crippen LogP contribution in [0.1, 0.15) is 6.42 Å². The van der Waals surface area contributed by atoms with Crippen LogP contribution in [-0.4, -0.2) is 24.7 Å². The lowest BCUT2D eigenvalue weighted by Crippen LogP contribution is -2.28. The van der Waals surface area contributed by atoms with Crippen LogP contribution in [-0.2, 0) is 9.59 Å². The van der Waals surface area contributed by atoms with Gasteiger partial charge in [0.05, 0.1) is 17.3 Å². The Bertz CT molecular complexity index is 873. The molecule has 1 aliphatic heterocycles. The number of para-hydroxylation sites is 3. The third kappa shape index (κ3) is 4.60. The number of halogens is 4. The highest BCUT2D eigenvalue weighted by atomic mass is 79.9. The van der Waals surface area contributed by atoms with Crippen LogP contribution in [0, 0.1) is 5.92 Å². The molecule has 1 heterocycles. The lowest BCUT2D eigenvalue weighted by atomic mass is 10.1. The summed E-state index contributed by atoms with van der Waals surface area (Å²) < 4.78 is 42.1. The first kappa shape index (κ1) is 19.2. The van der Waals surface area contributed by atoms with Gasteiger partial charge in [0.25, 0.3) is 0 Å². The van der Waals surface area contributed by atoms with Crippen molar-refractivity contribution in [2.24, 2.45) is 5.92 Å². The lowest BCUT2D eigenvalue weighted by Gasteiger charge is -2.18. The summed E-state index contributed by atoms with van der Waals surface area (Å²) in [4.78, 5) is 26.3. The van der Waals surface area contributed by atoms with E-state index in [2.05, 4.69) is 26.0 Å². The SMILES string of the molecule is O=C(Nc1ccccc1OC(F)(F)F)C1CC(=O)N(c2ccccc2Br)C1. The van der Waals surface area contributed by atoms with Gasteiger partial charge in [-0.2, -0.15) is 0 Å². The summed E-state index contributed by atoms with van der Waals surface area (Å²) in [5.74, 6) is -1.98. The van der Waals surface area contributed by atoms with Crippen molar-refractivity contribution < 1.29 is 27.5 Å². The molecule has 1 atom stereocenters. The van der Waals surface area contributed by atoms with Crippen molar-refractivity contribution in [3.8, 4) is 5.75 Å². The molecule has 0 aliphatic carbocycles. The smallest absolute Gasteiger partial charge is 0.404 e. The molecule has 2 aromatic rings. The number of carbonyl (C=O) groups is 2. The summed E-state index contributed by atoms with van der Waals surface area (Å²) in [6, 6.07) is 12.4. The van der Waals surface area contributed by atoms with E-state index in [-0.39, 0.29) is 24.6 Å². The van der Waals surface area contributed by atoms with Crippen molar-refractivity contribution in [3.63, 3.8) is 0 Å². The maximum atomic E-state index is 12.5. The van der Waals surface area contributed by atoms with Gasteiger partial charge in [0, 0.05) is 17.4 Å². The molecule has 1 unspecified atom stereocenters. The number of alkyl halides is 3. The van der Waals surface area contributed by atoms with Gasteiger partial charge in [0.2, 0.25) is 11.8 Å². The molecule has 142 valence electrons. The van der Waals surface area contributed by atoms with Gasteiger partial charge in [-0.1, -0.05) is 24.3 Å². The minimum absolute atomic E-state index is 0.0323. The second-order valence-electron chi connectivity index (χ2n) is 5.89. The Morgan fingerprint density at radius 3 is 2.52 bits per heavy atom. The number of rotatable bonds is 4. The average Bonchev–Trinajstić information content (AvgIpc) is 2.97. The Hall–Kier alpha value is -2.55. The fourth-order valence-corrected chi connectivity index (χ4v) is 3.30. The van der Waals surface area contributed by atoms with E-state index in [1.807, 2.05) is 0 Å². The van der Waals surface area contributed by atoms with E-state index in [0.717, 1.165) is 6.07 Å². The van der Waals surface area contributed by atoms with Crippen LogP contribution in [0.25, 0.3) is 0 Å². The molecule has 1 N–H and O–H groups in total. The summed E-state index contributed by atoms with van der Waals surface area (Å²) in [7, 11) is 0. The maximum Gasteiger partial charge on any atom is 0.573 e. The van der Waals surface area contributed by atoms with E-state index in [1.165, 1.54) is 23.1 Å². The van der Waals surface area contributed by atoms with Crippen LogP contribution in [0.2, 0.25) is 0 Å². The van der Waals surface area contributed by atoms with E-state index >= 15 is 0 Å². The van der Waals surface area contributed by atoms with Crippen molar-refractivity contribution in [1.82, 2.24) is 0 Å². The zero-order valence-corrected chi connectivity index (χ0v) is 15.4. The van der Waals surface area contributed by atoms with Crippen molar-refractivity contribution in [1.29, 1.82) is 0 Å². The number of hydrogen-bond donors (Lipinski definition) is 1. The topological polar surface area (TPSA) is 58.6 Å². The first-order valence-electron chi connectivity index (χ1n) is 7.95. The fourth-order valence-electron chi connectivity index (χ4n) is 2.81. The molecule has 5 nitrogen and oxygen atoms in total. The molecule has 0 radical (unpaired) electrons. The van der Waals surface area contributed by atoms with Crippen molar-refractivity contribution >= 4 is 39.1 Å². The Morgan fingerprint density at radius 1 is 1.15 bits per heavy atom. The zero-order chi connectivity index (χ0) is 19.6. The summed E-state index contributed by atoms with van der Waals surface area (Å²) in [5, 5.41) is 2.43. The molecule has 1 aliphatic rings. The first-order valence-corrected chi connectivity index (χ1v) is 8.74. The summed E-state index contributed by atoms with van der Waals surface area (Å²) >= 11 is 3.36. The van der Waals surface area contributed by atoms with E-state index in [0.29, 0.717) is 10.2 Å². The third-order valence-electron chi connectivity index (χ3n) is 4.01. The fraction of sp³-hybridized carbons (Fsp3) is 0.222. The molecule has 3 rings (SSSR count). The van der Waals surface area contributed by atoms with Gasteiger partial charge >= 0.3 is 6.36 Å². The van der Waals surface area contributed by atoms with Gasteiger partial charge in [-0.3, -0.25) is 9.59 Å². The molecule has 0 aromatic heterocycles. The van der Waals surface area contributed by atoms with Gasteiger partial charge < -0.3 is 15.0 Å². The molecule has 9 heteroatoms. The van der Waals surface area contributed by atoms with Gasteiger partial charge in [-0.15, -0.1) is 13.2 Å². The van der Waals surface area contributed by atoms with Gasteiger partial charge in [-0.05, 0) is 40.2 Å². The van der Waals surface area contributed by atoms with Crippen LogP contribution in [0.15, 0.2) is 53.0 Å². The Balaban J connectivity index is 1.73.